The summed E-state index contributed by atoms with van der Waals surface area (Å²) in [5, 5.41) is 12.6. The van der Waals surface area contributed by atoms with Gasteiger partial charge in [-0.05, 0) is 77.5 Å². The predicted molar refractivity (Wildman–Crippen MR) is 172 cm³/mol. The lowest BCUT2D eigenvalue weighted by Crippen LogP contribution is -2.28. The normalized spacial score (nSPS) is 14.6. The van der Waals surface area contributed by atoms with E-state index in [0.717, 1.165) is 5.56 Å². The quantitative estimate of drug-likeness (QED) is 0.184. The first-order chi connectivity index (χ1) is 21.3. The number of amidine groups is 1. The highest BCUT2D eigenvalue weighted by molar-refractivity contribution is 8.18. The summed E-state index contributed by atoms with van der Waals surface area (Å²) in [6.07, 6.45) is 1.68. The summed E-state index contributed by atoms with van der Waals surface area (Å²) in [5.74, 6) is -1.18. The van der Waals surface area contributed by atoms with Crippen LogP contribution in [0.1, 0.15) is 21.5 Å². The van der Waals surface area contributed by atoms with Crippen LogP contribution in [0, 0.1) is 0 Å². The number of anilines is 1. The molecule has 1 fully saturated rings. The molecule has 1 aliphatic rings. The number of aromatic carboxylic acids is 1. The monoisotopic (exact) mass is 627 g/mol. The summed E-state index contributed by atoms with van der Waals surface area (Å²) in [4.78, 5) is 43.9. The fourth-order valence-electron chi connectivity index (χ4n) is 4.25. The van der Waals surface area contributed by atoms with E-state index < -0.39 is 5.97 Å². The molecule has 0 spiro atoms. The van der Waals surface area contributed by atoms with Crippen LogP contribution in [0.2, 0.25) is 5.02 Å². The number of thioether (sulfide) groups is 1. The zero-order valence-corrected chi connectivity index (χ0v) is 25.0. The highest BCUT2D eigenvalue weighted by Gasteiger charge is 2.33. The molecule has 1 aliphatic heterocycles. The maximum atomic E-state index is 13.7. The van der Waals surface area contributed by atoms with Gasteiger partial charge in [-0.1, -0.05) is 60.1 Å². The topological polar surface area (TPSA) is 118 Å². The molecule has 4 aromatic carbocycles. The van der Waals surface area contributed by atoms with Crippen molar-refractivity contribution in [3.8, 4) is 11.5 Å². The first-order valence-electron chi connectivity index (χ1n) is 13.3. The lowest BCUT2D eigenvalue weighted by atomic mass is 10.1. The summed E-state index contributed by atoms with van der Waals surface area (Å²) >= 11 is 7.76. The molecule has 1 saturated heterocycles. The van der Waals surface area contributed by atoms with Crippen molar-refractivity contribution in [3.05, 3.63) is 124 Å². The third kappa shape index (κ3) is 7.47. The molecule has 0 aliphatic carbocycles. The van der Waals surface area contributed by atoms with Crippen molar-refractivity contribution in [2.45, 2.75) is 6.54 Å². The van der Waals surface area contributed by atoms with Crippen LogP contribution in [0.25, 0.3) is 6.08 Å². The highest BCUT2D eigenvalue weighted by Crippen LogP contribution is 2.40. The van der Waals surface area contributed by atoms with Gasteiger partial charge in [-0.15, -0.1) is 0 Å². The summed E-state index contributed by atoms with van der Waals surface area (Å²) in [6, 6.07) is 27.9. The summed E-state index contributed by atoms with van der Waals surface area (Å²) in [6.45, 7) is -0.0991. The lowest BCUT2D eigenvalue weighted by molar-refractivity contribution is -0.122. The number of aliphatic imine (C=N–C) groups is 1. The molecule has 9 nitrogen and oxygen atoms in total. The number of benzene rings is 4. The Kier molecular flexibility index (Phi) is 9.63. The number of carboxylic acids is 1. The highest BCUT2D eigenvalue weighted by atomic mass is 35.5. The van der Waals surface area contributed by atoms with Crippen LogP contribution in [-0.2, 0) is 16.1 Å². The Morgan fingerprint density at radius 2 is 1.68 bits per heavy atom. The number of carboxylic acid groups (broad SMARTS) is 1. The van der Waals surface area contributed by atoms with Gasteiger partial charge in [0.05, 0.1) is 34.8 Å². The number of halogens is 1. The van der Waals surface area contributed by atoms with E-state index in [4.69, 9.17) is 26.1 Å². The van der Waals surface area contributed by atoms with Gasteiger partial charge in [-0.25, -0.2) is 9.79 Å². The number of rotatable bonds is 10. The minimum Gasteiger partial charge on any atom is -0.493 e. The third-order valence-corrected chi connectivity index (χ3v) is 7.65. The Bertz CT molecular complexity index is 1750. The Morgan fingerprint density at radius 1 is 1.00 bits per heavy atom. The number of para-hydroxylation sites is 2. The summed E-state index contributed by atoms with van der Waals surface area (Å²) < 4.78 is 11.2. The van der Waals surface area contributed by atoms with Gasteiger partial charge in [-0.3, -0.25) is 14.5 Å². The lowest BCUT2D eigenvalue weighted by Gasteiger charge is -2.16. The first kappa shape index (κ1) is 30.4. The average molecular weight is 628 g/mol. The number of ether oxygens (including phenoxy) is 2. The van der Waals surface area contributed by atoms with Gasteiger partial charge in [0, 0.05) is 5.69 Å². The molecular formula is C33H26ClN3O6S. The standard InChI is InChI=1S/C33H26ClN3O6S/c1-42-27-17-22(16-26(34)30(27)43-20-29(38)35-24-8-4-2-5-9-24)18-28-31(39)37(19-21-12-14-23(15-13-21)32(40)41)33(44-28)36-25-10-6-3-7-11-25/h2-18H,19-20H2,1H3,(H,35,38)(H,40,41)/b28-18-,36-33?. The van der Waals surface area contributed by atoms with Crippen molar-refractivity contribution in [1.29, 1.82) is 0 Å². The molecule has 5 rings (SSSR count). The molecule has 0 radical (unpaired) electrons. The van der Waals surface area contributed by atoms with E-state index in [1.54, 1.807) is 47.4 Å². The van der Waals surface area contributed by atoms with Gasteiger partial charge in [-0.2, -0.15) is 0 Å². The minimum atomic E-state index is -1.03. The number of hydrogen-bond acceptors (Lipinski definition) is 7. The number of methoxy groups -OCH3 is 1. The van der Waals surface area contributed by atoms with Gasteiger partial charge >= 0.3 is 5.97 Å². The number of carbonyl (C=O) groups excluding carboxylic acids is 2. The maximum absolute atomic E-state index is 13.7. The van der Waals surface area contributed by atoms with E-state index in [0.29, 0.717) is 32.8 Å². The second-order valence-electron chi connectivity index (χ2n) is 9.47. The molecule has 0 atom stereocenters. The van der Waals surface area contributed by atoms with E-state index in [9.17, 15) is 19.5 Å². The van der Waals surface area contributed by atoms with E-state index in [1.807, 2.05) is 48.5 Å². The fraction of sp³-hybridized carbons (Fsp3) is 0.0909. The molecule has 0 bridgehead atoms. The zero-order valence-electron chi connectivity index (χ0n) is 23.4. The van der Waals surface area contributed by atoms with Gasteiger partial charge in [0.1, 0.15) is 0 Å². The van der Waals surface area contributed by atoms with Gasteiger partial charge in [0.2, 0.25) is 0 Å². The molecule has 2 N–H and O–H groups in total. The van der Waals surface area contributed by atoms with Crippen LogP contribution in [-0.4, -0.2) is 46.7 Å². The van der Waals surface area contributed by atoms with Crippen molar-refractivity contribution < 1.29 is 29.0 Å². The molecule has 4 aromatic rings. The van der Waals surface area contributed by atoms with Crippen LogP contribution in [0.5, 0.6) is 11.5 Å². The molecule has 0 unspecified atom stereocenters. The van der Waals surface area contributed by atoms with Gasteiger partial charge < -0.3 is 19.9 Å². The van der Waals surface area contributed by atoms with Crippen molar-refractivity contribution in [3.63, 3.8) is 0 Å². The van der Waals surface area contributed by atoms with Crippen LogP contribution in [0.3, 0.4) is 0 Å². The molecule has 2 amide bonds. The molecule has 0 saturated carbocycles. The number of nitrogens with one attached hydrogen (secondary N) is 1. The van der Waals surface area contributed by atoms with Crippen LogP contribution in [0.4, 0.5) is 11.4 Å². The smallest absolute Gasteiger partial charge is 0.335 e. The first-order valence-corrected chi connectivity index (χ1v) is 14.5. The molecule has 44 heavy (non-hydrogen) atoms. The second-order valence-corrected chi connectivity index (χ2v) is 10.9. The Hall–Kier alpha value is -5.06. The van der Waals surface area contributed by atoms with Crippen LogP contribution < -0.4 is 14.8 Å². The molecular weight excluding hydrogens is 602 g/mol. The van der Waals surface area contributed by atoms with Crippen molar-refractivity contribution in [2.75, 3.05) is 19.0 Å². The minimum absolute atomic E-state index is 0.157. The van der Waals surface area contributed by atoms with Gasteiger partial charge in [0.25, 0.3) is 11.8 Å². The van der Waals surface area contributed by atoms with E-state index in [-0.39, 0.29) is 41.3 Å². The van der Waals surface area contributed by atoms with Crippen molar-refractivity contribution >= 4 is 63.8 Å². The summed E-state index contributed by atoms with van der Waals surface area (Å²) in [5.41, 5.74) is 2.80. The Morgan fingerprint density at radius 3 is 2.34 bits per heavy atom. The van der Waals surface area contributed by atoms with Crippen LogP contribution in [0.15, 0.2) is 107 Å². The van der Waals surface area contributed by atoms with Crippen molar-refractivity contribution in [2.24, 2.45) is 4.99 Å². The number of carbonyl (C=O) groups is 3. The van der Waals surface area contributed by atoms with Gasteiger partial charge in [0.15, 0.2) is 23.3 Å². The maximum Gasteiger partial charge on any atom is 0.335 e. The number of nitrogens with zero attached hydrogens (tertiary/aromatic N) is 2. The van der Waals surface area contributed by atoms with Crippen molar-refractivity contribution in [1.82, 2.24) is 4.90 Å². The summed E-state index contributed by atoms with van der Waals surface area (Å²) in [7, 11) is 1.46. The number of hydrogen-bond donors (Lipinski definition) is 2. The third-order valence-electron chi connectivity index (χ3n) is 6.37. The second kappa shape index (κ2) is 13.9. The average Bonchev–Trinajstić information content (AvgIpc) is 3.30. The van der Waals surface area contributed by atoms with E-state index in [1.165, 1.54) is 31.0 Å². The predicted octanol–water partition coefficient (Wildman–Crippen LogP) is 6.87. The fourth-order valence-corrected chi connectivity index (χ4v) is 5.52. The molecule has 222 valence electrons. The Labute approximate surface area is 262 Å². The largest absolute Gasteiger partial charge is 0.493 e. The van der Waals surface area contributed by atoms with E-state index in [2.05, 4.69) is 5.32 Å². The Balaban J connectivity index is 1.38. The molecule has 1 heterocycles. The van der Waals surface area contributed by atoms with E-state index >= 15 is 0 Å². The van der Waals surface area contributed by atoms with Crippen LogP contribution >= 0.6 is 23.4 Å². The molecule has 11 heteroatoms. The number of amides is 2. The molecule has 0 aromatic heterocycles. The zero-order chi connectivity index (χ0) is 31.1. The SMILES string of the molecule is COc1cc(/C=C2\SC(=Nc3ccccc3)N(Cc3ccc(C(=O)O)cc3)C2=O)cc(Cl)c1OCC(=O)Nc1ccccc1.